The van der Waals surface area contributed by atoms with E-state index in [1.54, 1.807) is 11.8 Å². The van der Waals surface area contributed by atoms with Crippen LogP contribution in [0.15, 0.2) is 28.7 Å². The Hall–Kier alpha value is -3.03. The van der Waals surface area contributed by atoms with E-state index in [1.165, 1.54) is 0 Å². The number of ether oxygens (including phenoxy) is 1. The first-order chi connectivity index (χ1) is 15.1. The maximum atomic E-state index is 12.7. The molecule has 0 bridgehead atoms. The van der Waals surface area contributed by atoms with Gasteiger partial charge < -0.3 is 24.3 Å². The highest BCUT2D eigenvalue weighted by Gasteiger charge is 2.30. The average molecular weight is 427 g/mol. The van der Waals surface area contributed by atoms with Crippen LogP contribution in [-0.2, 0) is 0 Å². The topological polar surface area (TPSA) is 87.9 Å². The van der Waals surface area contributed by atoms with Gasteiger partial charge in [0, 0.05) is 32.1 Å². The van der Waals surface area contributed by atoms with Gasteiger partial charge in [-0.2, -0.15) is 0 Å². The molecule has 2 saturated heterocycles. The van der Waals surface area contributed by atoms with Crippen molar-refractivity contribution in [3.8, 4) is 5.75 Å². The number of rotatable bonds is 5. The van der Waals surface area contributed by atoms with Crippen molar-refractivity contribution >= 4 is 17.6 Å². The molecule has 8 nitrogen and oxygen atoms in total. The number of urea groups is 1. The number of nitrogens with one attached hydrogen (secondary N) is 1. The molecule has 0 atom stereocenters. The Morgan fingerprint density at radius 1 is 1.13 bits per heavy atom. The SMILES string of the molecule is CCOc1ccccc1NC(=O)N1CCC(c2nc(C(=O)N3CCCC3)c(C)o2)CC1. The van der Waals surface area contributed by atoms with Gasteiger partial charge >= 0.3 is 6.03 Å². The lowest BCUT2D eigenvalue weighted by atomic mass is 9.97. The van der Waals surface area contributed by atoms with Gasteiger partial charge in [-0.05, 0) is 51.7 Å². The number of aromatic nitrogens is 1. The lowest BCUT2D eigenvalue weighted by Gasteiger charge is -2.30. The molecule has 0 unspecified atom stereocenters. The largest absolute Gasteiger partial charge is 0.492 e. The number of amides is 3. The molecule has 4 rings (SSSR count). The molecule has 3 amide bonds. The summed E-state index contributed by atoms with van der Waals surface area (Å²) in [6, 6.07) is 7.30. The third-order valence-electron chi connectivity index (χ3n) is 5.97. The minimum absolute atomic E-state index is 0.0326. The predicted octanol–water partition coefficient (Wildman–Crippen LogP) is 4.03. The van der Waals surface area contributed by atoms with Gasteiger partial charge in [-0.25, -0.2) is 9.78 Å². The third-order valence-corrected chi connectivity index (χ3v) is 5.97. The van der Waals surface area contributed by atoms with Crippen molar-refractivity contribution in [2.45, 2.75) is 45.4 Å². The Labute approximate surface area is 182 Å². The molecule has 8 heteroatoms. The molecular weight excluding hydrogens is 396 g/mol. The highest BCUT2D eigenvalue weighted by atomic mass is 16.5. The first-order valence-corrected chi connectivity index (χ1v) is 11.1. The summed E-state index contributed by atoms with van der Waals surface area (Å²) in [6.45, 7) is 7.04. The smallest absolute Gasteiger partial charge is 0.321 e. The second-order valence-corrected chi connectivity index (χ2v) is 8.08. The monoisotopic (exact) mass is 426 g/mol. The van der Waals surface area contributed by atoms with Crippen molar-refractivity contribution in [3.63, 3.8) is 0 Å². The molecule has 2 aliphatic rings. The Morgan fingerprint density at radius 3 is 2.55 bits per heavy atom. The number of para-hydroxylation sites is 2. The van der Waals surface area contributed by atoms with Gasteiger partial charge in [0.05, 0.1) is 12.3 Å². The second-order valence-electron chi connectivity index (χ2n) is 8.08. The van der Waals surface area contributed by atoms with Crippen molar-refractivity contribution in [2.24, 2.45) is 0 Å². The zero-order chi connectivity index (χ0) is 21.8. The number of benzene rings is 1. The lowest BCUT2D eigenvalue weighted by molar-refractivity contribution is 0.0786. The molecule has 166 valence electrons. The van der Waals surface area contributed by atoms with Gasteiger partial charge in [0.15, 0.2) is 11.6 Å². The number of hydrogen-bond acceptors (Lipinski definition) is 5. The van der Waals surface area contributed by atoms with Gasteiger partial charge in [0.25, 0.3) is 5.91 Å². The van der Waals surface area contributed by atoms with Crippen LogP contribution in [0, 0.1) is 6.92 Å². The van der Waals surface area contributed by atoms with E-state index in [-0.39, 0.29) is 17.9 Å². The van der Waals surface area contributed by atoms with E-state index >= 15 is 0 Å². The quantitative estimate of drug-likeness (QED) is 0.780. The molecule has 31 heavy (non-hydrogen) atoms. The van der Waals surface area contributed by atoms with E-state index in [2.05, 4.69) is 10.3 Å². The predicted molar refractivity (Wildman–Crippen MR) is 117 cm³/mol. The molecule has 1 N–H and O–H groups in total. The summed E-state index contributed by atoms with van der Waals surface area (Å²) in [4.78, 5) is 33.6. The highest BCUT2D eigenvalue weighted by molar-refractivity contribution is 5.93. The number of oxazole rings is 1. The van der Waals surface area contributed by atoms with Crippen molar-refractivity contribution in [1.82, 2.24) is 14.8 Å². The summed E-state index contributed by atoms with van der Waals surface area (Å²) in [6.07, 6.45) is 3.59. The second kappa shape index (κ2) is 9.41. The van der Waals surface area contributed by atoms with Crippen molar-refractivity contribution in [2.75, 3.05) is 38.1 Å². The molecule has 1 aromatic heterocycles. The number of anilines is 1. The van der Waals surface area contributed by atoms with E-state index in [9.17, 15) is 9.59 Å². The third kappa shape index (κ3) is 4.68. The Bertz CT molecular complexity index is 927. The van der Waals surface area contributed by atoms with Crippen LogP contribution in [0.5, 0.6) is 5.75 Å². The number of hydrogen-bond donors (Lipinski definition) is 1. The summed E-state index contributed by atoms with van der Waals surface area (Å²) in [5.74, 6) is 1.94. The van der Waals surface area contributed by atoms with Gasteiger partial charge in [0.1, 0.15) is 11.5 Å². The number of nitrogens with zero attached hydrogens (tertiary/aromatic N) is 3. The summed E-state index contributed by atoms with van der Waals surface area (Å²) in [5, 5.41) is 2.95. The van der Waals surface area contributed by atoms with Gasteiger partial charge in [-0.15, -0.1) is 0 Å². The number of piperidine rings is 1. The Balaban J connectivity index is 1.35. The number of aryl methyl sites for hydroxylation is 1. The molecule has 2 aromatic rings. The Morgan fingerprint density at radius 2 is 1.84 bits per heavy atom. The number of carbonyl (C=O) groups is 2. The standard InChI is InChI=1S/C23H30N4O4/c1-3-30-19-9-5-4-8-18(19)24-23(29)27-14-10-17(11-15-27)21-25-20(16(2)31-21)22(28)26-12-6-7-13-26/h4-5,8-9,17H,3,6-7,10-15H2,1-2H3,(H,24,29). The first-order valence-electron chi connectivity index (χ1n) is 11.1. The molecule has 2 fully saturated rings. The number of carbonyl (C=O) groups excluding carboxylic acids is 2. The van der Waals surface area contributed by atoms with Crippen LogP contribution in [0.1, 0.15) is 60.7 Å². The van der Waals surface area contributed by atoms with E-state index in [1.807, 2.05) is 36.1 Å². The van der Waals surface area contributed by atoms with Crippen LogP contribution in [0.3, 0.4) is 0 Å². The zero-order valence-electron chi connectivity index (χ0n) is 18.2. The summed E-state index contributed by atoms with van der Waals surface area (Å²) in [7, 11) is 0. The molecule has 3 heterocycles. The van der Waals surface area contributed by atoms with Gasteiger partial charge in [-0.1, -0.05) is 12.1 Å². The van der Waals surface area contributed by atoms with Crippen LogP contribution in [0.4, 0.5) is 10.5 Å². The van der Waals surface area contributed by atoms with E-state index in [0.29, 0.717) is 48.5 Å². The summed E-state index contributed by atoms with van der Waals surface area (Å²) >= 11 is 0. The molecule has 0 saturated carbocycles. The van der Waals surface area contributed by atoms with Gasteiger partial charge in [-0.3, -0.25) is 4.79 Å². The van der Waals surface area contributed by atoms with Crippen LogP contribution in [0.25, 0.3) is 0 Å². The molecule has 0 spiro atoms. The lowest BCUT2D eigenvalue weighted by Crippen LogP contribution is -2.40. The molecule has 1 aromatic carbocycles. The zero-order valence-corrected chi connectivity index (χ0v) is 18.2. The minimum Gasteiger partial charge on any atom is -0.492 e. The van der Waals surface area contributed by atoms with E-state index < -0.39 is 0 Å². The van der Waals surface area contributed by atoms with Crippen LogP contribution < -0.4 is 10.1 Å². The average Bonchev–Trinajstić information content (AvgIpc) is 3.45. The molecular formula is C23H30N4O4. The van der Waals surface area contributed by atoms with Crippen LogP contribution >= 0.6 is 0 Å². The van der Waals surface area contributed by atoms with Crippen molar-refractivity contribution < 1.29 is 18.7 Å². The molecule has 0 radical (unpaired) electrons. The maximum absolute atomic E-state index is 12.7. The van der Waals surface area contributed by atoms with Crippen LogP contribution in [-0.4, -0.2) is 59.5 Å². The fraction of sp³-hybridized carbons (Fsp3) is 0.522. The van der Waals surface area contributed by atoms with Crippen LogP contribution in [0.2, 0.25) is 0 Å². The van der Waals surface area contributed by atoms with Crippen molar-refractivity contribution in [3.05, 3.63) is 41.6 Å². The highest BCUT2D eigenvalue weighted by Crippen LogP contribution is 2.30. The van der Waals surface area contributed by atoms with Crippen molar-refractivity contribution in [1.29, 1.82) is 0 Å². The molecule has 0 aliphatic carbocycles. The normalized spacial score (nSPS) is 17.1. The minimum atomic E-state index is -0.140. The Kier molecular flexibility index (Phi) is 6.44. The fourth-order valence-electron chi connectivity index (χ4n) is 4.24. The number of likely N-dealkylation sites (tertiary alicyclic amines) is 2. The molecule has 2 aliphatic heterocycles. The summed E-state index contributed by atoms with van der Waals surface area (Å²) in [5.41, 5.74) is 1.11. The maximum Gasteiger partial charge on any atom is 0.321 e. The van der Waals surface area contributed by atoms with E-state index in [0.717, 1.165) is 38.8 Å². The fourth-order valence-corrected chi connectivity index (χ4v) is 4.24. The summed E-state index contributed by atoms with van der Waals surface area (Å²) < 4.78 is 11.5. The first kappa shape index (κ1) is 21.2. The van der Waals surface area contributed by atoms with E-state index in [4.69, 9.17) is 9.15 Å². The van der Waals surface area contributed by atoms with Gasteiger partial charge in [0.2, 0.25) is 0 Å².